The molecule has 1 aromatic rings. The number of aryl methyl sites for hydroxylation is 1. The Hall–Kier alpha value is -1.64. The number of aromatic nitrogens is 2. The number of aliphatic carboxylic acids is 1. The van der Waals surface area contributed by atoms with Gasteiger partial charge in [0.1, 0.15) is 0 Å². The lowest BCUT2D eigenvalue weighted by Crippen LogP contribution is -2.21. The highest BCUT2D eigenvalue weighted by Gasteiger charge is 2.38. The van der Waals surface area contributed by atoms with Gasteiger partial charge in [-0.05, 0) is 26.3 Å². The maximum absolute atomic E-state index is 10.6. The van der Waals surface area contributed by atoms with Crippen LogP contribution in [-0.4, -0.2) is 40.5 Å². The Morgan fingerprint density at radius 1 is 1.40 bits per heavy atom. The molecule has 0 aromatic carbocycles. The molecule has 0 bridgehead atoms. The van der Waals surface area contributed by atoms with Gasteiger partial charge in [-0.15, -0.1) is 10.2 Å². The van der Waals surface area contributed by atoms with Crippen molar-refractivity contribution in [2.45, 2.75) is 44.3 Å². The minimum absolute atomic E-state index is 0.471. The summed E-state index contributed by atoms with van der Waals surface area (Å²) in [6.45, 7) is 1.83. The highest BCUT2D eigenvalue weighted by Crippen LogP contribution is 2.33. The van der Waals surface area contributed by atoms with Crippen molar-refractivity contribution in [2.24, 2.45) is 0 Å². The zero-order valence-electron chi connectivity index (χ0n) is 11.1. The fourth-order valence-corrected chi connectivity index (χ4v) is 1.94. The van der Waals surface area contributed by atoms with E-state index >= 15 is 0 Å². The lowest BCUT2D eigenvalue weighted by atomic mass is 10.1. The number of carbonyl (C=O) groups is 1. The fraction of sp³-hybridized carbons (Fsp3) is 0.727. The molecule has 1 aliphatic rings. The van der Waals surface area contributed by atoms with Gasteiger partial charge in [0.25, 0.3) is 0 Å². The van der Waals surface area contributed by atoms with Crippen LogP contribution in [0.15, 0.2) is 4.42 Å². The van der Waals surface area contributed by atoms with Gasteiger partial charge in [-0.2, -0.15) is 13.2 Å². The Morgan fingerprint density at radius 3 is 2.35 bits per heavy atom. The first-order valence-corrected chi connectivity index (χ1v) is 6.01. The number of nitrogens with zero attached hydrogens (tertiary/aromatic N) is 2. The molecule has 0 saturated heterocycles. The van der Waals surface area contributed by atoms with E-state index in [-0.39, 0.29) is 0 Å². The van der Waals surface area contributed by atoms with E-state index in [0.29, 0.717) is 17.9 Å². The van der Waals surface area contributed by atoms with Crippen molar-refractivity contribution in [2.75, 3.05) is 7.05 Å². The van der Waals surface area contributed by atoms with Gasteiger partial charge in [0.2, 0.25) is 11.8 Å². The molecule has 114 valence electrons. The van der Waals surface area contributed by atoms with Gasteiger partial charge in [-0.3, -0.25) is 0 Å². The number of halogens is 3. The second-order valence-electron chi connectivity index (χ2n) is 4.46. The first-order valence-electron chi connectivity index (χ1n) is 6.01. The Bertz CT molecular complexity index is 448. The van der Waals surface area contributed by atoms with Crippen LogP contribution in [0.2, 0.25) is 0 Å². The maximum atomic E-state index is 10.6. The maximum Gasteiger partial charge on any atom is 0.490 e. The van der Waals surface area contributed by atoms with E-state index in [0.717, 1.165) is 18.7 Å². The van der Waals surface area contributed by atoms with Gasteiger partial charge in [0.05, 0.1) is 0 Å². The number of alkyl halides is 3. The minimum atomic E-state index is -5.08. The quantitative estimate of drug-likeness (QED) is 0.866. The Labute approximate surface area is 113 Å². The molecule has 9 heteroatoms. The van der Waals surface area contributed by atoms with Crippen LogP contribution in [0.1, 0.15) is 37.0 Å². The molecule has 1 saturated carbocycles. The van der Waals surface area contributed by atoms with Crippen LogP contribution in [0.4, 0.5) is 13.2 Å². The summed E-state index contributed by atoms with van der Waals surface area (Å²) in [5, 5.41) is 18.3. The Balaban J connectivity index is 0.000000246. The zero-order valence-corrected chi connectivity index (χ0v) is 11.1. The molecule has 1 aromatic heterocycles. The van der Waals surface area contributed by atoms with Gasteiger partial charge in [-0.25, -0.2) is 4.79 Å². The monoisotopic (exact) mass is 295 g/mol. The molecule has 0 spiro atoms. The van der Waals surface area contributed by atoms with Gasteiger partial charge >= 0.3 is 12.1 Å². The molecular weight excluding hydrogens is 279 g/mol. The van der Waals surface area contributed by atoms with E-state index in [9.17, 15) is 13.2 Å². The molecule has 0 radical (unpaired) electrons. The predicted octanol–water partition coefficient (Wildman–Crippen LogP) is 1.87. The number of carboxylic acid groups (broad SMARTS) is 1. The third kappa shape index (κ3) is 4.80. The normalized spacial score (nSPS) is 22.2. The summed E-state index contributed by atoms with van der Waals surface area (Å²) in [4.78, 5) is 8.90. The van der Waals surface area contributed by atoms with Crippen LogP contribution in [0.5, 0.6) is 0 Å². The molecule has 0 amide bonds. The van der Waals surface area contributed by atoms with Crippen molar-refractivity contribution in [3.63, 3.8) is 0 Å². The smallest absolute Gasteiger partial charge is 0.475 e. The van der Waals surface area contributed by atoms with Gasteiger partial charge in [-0.1, -0.05) is 0 Å². The van der Waals surface area contributed by atoms with Crippen molar-refractivity contribution >= 4 is 5.97 Å². The first kappa shape index (κ1) is 16.4. The van der Waals surface area contributed by atoms with Crippen molar-refractivity contribution < 1.29 is 27.5 Å². The second kappa shape index (κ2) is 6.69. The molecule has 2 rings (SSSR count). The number of hydrogen-bond donors (Lipinski definition) is 2. The van der Waals surface area contributed by atoms with Crippen molar-refractivity contribution in [3.8, 4) is 0 Å². The molecular formula is C11H16F3N3O3. The minimum Gasteiger partial charge on any atom is -0.475 e. The molecule has 1 heterocycles. The Morgan fingerprint density at radius 2 is 2.00 bits per heavy atom. The number of rotatable bonds is 2. The molecule has 1 aliphatic carbocycles. The average Bonchev–Trinajstić information content (AvgIpc) is 2.96. The summed E-state index contributed by atoms with van der Waals surface area (Å²) in [6, 6.07) is 0.622. The van der Waals surface area contributed by atoms with E-state index in [1.807, 2.05) is 14.0 Å². The summed E-state index contributed by atoms with van der Waals surface area (Å²) in [6.07, 6.45) is -1.59. The lowest BCUT2D eigenvalue weighted by molar-refractivity contribution is -0.192. The standard InChI is InChI=1S/C9H15N3O.C2HF3O2/c1-6-11-12-9(13-6)7-3-4-8(5-7)10-2;3-2(4,5)1(6)7/h7-8,10H,3-5H2,1-2H3;(H,6,7)/t7-,8+;/m0./s1. The summed E-state index contributed by atoms with van der Waals surface area (Å²) in [7, 11) is 2.01. The molecule has 20 heavy (non-hydrogen) atoms. The topological polar surface area (TPSA) is 88.3 Å². The average molecular weight is 295 g/mol. The van der Waals surface area contributed by atoms with E-state index < -0.39 is 12.1 Å². The largest absolute Gasteiger partial charge is 0.490 e. The summed E-state index contributed by atoms with van der Waals surface area (Å²) in [5.74, 6) is -0.802. The summed E-state index contributed by atoms with van der Waals surface area (Å²) >= 11 is 0. The fourth-order valence-electron chi connectivity index (χ4n) is 1.94. The van der Waals surface area contributed by atoms with Crippen LogP contribution in [0.25, 0.3) is 0 Å². The SMILES string of the molecule is CN[C@@H]1CC[C@H](c2nnc(C)o2)C1.O=C(O)C(F)(F)F. The highest BCUT2D eigenvalue weighted by atomic mass is 19.4. The number of carboxylic acids is 1. The van der Waals surface area contributed by atoms with E-state index in [1.165, 1.54) is 6.42 Å². The first-order chi connectivity index (χ1) is 9.24. The second-order valence-corrected chi connectivity index (χ2v) is 4.46. The van der Waals surface area contributed by atoms with Crippen molar-refractivity contribution in [1.29, 1.82) is 0 Å². The van der Waals surface area contributed by atoms with Crippen molar-refractivity contribution in [1.82, 2.24) is 15.5 Å². The summed E-state index contributed by atoms with van der Waals surface area (Å²) < 4.78 is 37.1. The zero-order chi connectivity index (χ0) is 15.3. The molecule has 0 unspecified atom stereocenters. The summed E-state index contributed by atoms with van der Waals surface area (Å²) in [5.41, 5.74) is 0. The predicted molar refractivity (Wildman–Crippen MR) is 62.2 cm³/mol. The van der Waals surface area contributed by atoms with Crippen LogP contribution in [0.3, 0.4) is 0 Å². The van der Waals surface area contributed by atoms with Crippen LogP contribution < -0.4 is 5.32 Å². The van der Waals surface area contributed by atoms with Crippen LogP contribution in [-0.2, 0) is 4.79 Å². The molecule has 0 aliphatic heterocycles. The Kier molecular flexibility index (Phi) is 5.49. The third-order valence-electron chi connectivity index (χ3n) is 2.97. The van der Waals surface area contributed by atoms with Crippen LogP contribution >= 0.6 is 0 Å². The number of nitrogens with one attached hydrogen (secondary N) is 1. The molecule has 1 fully saturated rings. The lowest BCUT2D eigenvalue weighted by Gasteiger charge is -2.06. The van der Waals surface area contributed by atoms with E-state index in [2.05, 4.69) is 15.5 Å². The van der Waals surface area contributed by atoms with Gasteiger partial charge in [0, 0.05) is 18.9 Å². The van der Waals surface area contributed by atoms with Gasteiger partial charge in [0.15, 0.2) is 0 Å². The van der Waals surface area contributed by atoms with Crippen molar-refractivity contribution in [3.05, 3.63) is 11.8 Å². The van der Waals surface area contributed by atoms with Crippen LogP contribution in [0, 0.1) is 6.92 Å². The number of hydrogen-bond acceptors (Lipinski definition) is 5. The van der Waals surface area contributed by atoms with E-state index in [1.54, 1.807) is 0 Å². The molecule has 2 atom stereocenters. The highest BCUT2D eigenvalue weighted by molar-refractivity contribution is 5.73. The molecule has 2 N–H and O–H groups in total. The molecule has 6 nitrogen and oxygen atoms in total. The third-order valence-corrected chi connectivity index (χ3v) is 2.97. The van der Waals surface area contributed by atoms with E-state index in [4.69, 9.17) is 14.3 Å². The van der Waals surface area contributed by atoms with Gasteiger partial charge < -0.3 is 14.8 Å².